The summed E-state index contributed by atoms with van der Waals surface area (Å²) in [6.45, 7) is 0.513. The number of halogens is 3. The first-order valence-electron chi connectivity index (χ1n) is 12.2. The second-order valence-corrected chi connectivity index (χ2v) is 9.17. The first kappa shape index (κ1) is 24.8. The van der Waals surface area contributed by atoms with Crippen molar-refractivity contribution in [2.24, 2.45) is 0 Å². The first-order valence-corrected chi connectivity index (χ1v) is 12.2. The molecule has 1 heterocycles. The summed E-state index contributed by atoms with van der Waals surface area (Å²) in [7, 11) is 0. The van der Waals surface area contributed by atoms with E-state index in [4.69, 9.17) is 4.74 Å². The highest BCUT2D eigenvalue weighted by molar-refractivity contribution is 5.95. The number of H-pyrrole nitrogens is 1. The van der Waals surface area contributed by atoms with Crippen LogP contribution < -0.4 is 5.32 Å². The molecule has 37 heavy (non-hydrogen) atoms. The molecule has 0 spiro atoms. The zero-order valence-electron chi connectivity index (χ0n) is 20.0. The zero-order chi connectivity index (χ0) is 25.8. The molecule has 1 aliphatic carbocycles. The lowest BCUT2D eigenvalue weighted by atomic mass is 10.1. The van der Waals surface area contributed by atoms with Gasteiger partial charge in [-0.15, -0.1) is 0 Å². The normalized spacial score (nSPS) is 17.6. The molecule has 2 atom stereocenters. The molecule has 5 nitrogen and oxygen atoms in total. The van der Waals surface area contributed by atoms with E-state index in [-0.39, 0.29) is 18.1 Å². The van der Waals surface area contributed by atoms with E-state index in [0.29, 0.717) is 29.1 Å². The molecule has 190 valence electrons. The molecule has 1 amide bonds. The van der Waals surface area contributed by atoms with Crippen LogP contribution in [0.1, 0.15) is 40.7 Å². The third-order valence-electron chi connectivity index (χ3n) is 6.60. The van der Waals surface area contributed by atoms with E-state index in [1.807, 2.05) is 30.3 Å². The van der Waals surface area contributed by atoms with Gasteiger partial charge in [0.1, 0.15) is 0 Å². The van der Waals surface area contributed by atoms with E-state index < -0.39 is 11.7 Å². The number of amides is 1. The van der Waals surface area contributed by atoms with Crippen molar-refractivity contribution in [2.75, 3.05) is 0 Å². The molecule has 0 aliphatic heterocycles. The second-order valence-electron chi connectivity index (χ2n) is 9.17. The molecular formula is C29H26F3N3O2. The van der Waals surface area contributed by atoms with E-state index in [0.717, 1.165) is 42.5 Å². The van der Waals surface area contributed by atoms with Gasteiger partial charge in [0, 0.05) is 11.1 Å². The average Bonchev–Trinajstić information content (AvgIpc) is 3.58. The third-order valence-corrected chi connectivity index (χ3v) is 6.60. The maximum atomic E-state index is 13.0. The molecule has 1 aromatic heterocycles. The van der Waals surface area contributed by atoms with Gasteiger partial charge in [-0.25, -0.2) is 0 Å². The number of ether oxygens (including phenoxy) is 1. The Labute approximate surface area is 212 Å². The van der Waals surface area contributed by atoms with Gasteiger partial charge < -0.3 is 10.1 Å². The monoisotopic (exact) mass is 505 g/mol. The molecular weight excluding hydrogens is 479 g/mol. The van der Waals surface area contributed by atoms with Crippen molar-refractivity contribution in [3.8, 4) is 22.5 Å². The molecule has 8 heteroatoms. The van der Waals surface area contributed by atoms with Crippen molar-refractivity contribution in [1.29, 1.82) is 0 Å². The third kappa shape index (κ3) is 5.91. The Morgan fingerprint density at radius 1 is 0.946 bits per heavy atom. The summed E-state index contributed by atoms with van der Waals surface area (Å²) in [5, 5.41) is 10.2. The summed E-state index contributed by atoms with van der Waals surface area (Å²) < 4.78 is 45.2. The Morgan fingerprint density at radius 3 is 2.49 bits per heavy atom. The van der Waals surface area contributed by atoms with Crippen LogP contribution in [0, 0.1) is 0 Å². The fraction of sp³-hybridized carbons (Fsp3) is 0.241. The van der Waals surface area contributed by atoms with Gasteiger partial charge in [-0.05, 0) is 60.7 Å². The summed E-state index contributed by atoms with van der Waals surface area (Å²) >= 11 is 0. The van der Waals surface area contributed by atoms with Crippen LogP contribution in [0.15, 0.2) is 84.9 Å². The topological polar surface area (TPSA) is 67.0 Å². The van der Waals surface area contributed by atoms with E-state index in [2.05, 4.69) is 15.5 Å². The molecule has 5 rings (SSSR count). The predicted molar refractivity (Wildman–Crippen MR) is 135 cm³/mol. The molecule has 0 unspecified atom stereocenters. The number of carbonyl (C=O) groups is 1. The smallest absolute Gasteiger partial charge is 0.371 e. The minimum absolute atomic E-state index is 0.0253. The SMILES string of the molecule is O=C(N[C@H]1CCC[C@@H]1OCc1ccccc1)c1ccc(-c2cc(-c3cccc(C(F)(F)F)c3)n[nH]2)cc1. The number of aromatic nitrogens is 2. The summed E-state index contributed by atoms with van der Waals surface area (Å²) in [4.78, 5) is 12.9. The van der Waals surface area contributed by atoms with Crippen molar-refractivity contribution < 1.29 is 22.7 Å². The maximum Gasteiger partial charge on any atom is 0.416 e. The fourth-order valence-corrected chi connectivity index (χ4v) is 4.59. The minimum Gasteiger partial charge on any atom is -0.371 e. The van der Waals surface area contributed by atoms with Gasteiger partial charge in [0.25, 0.3) is 5.91 Å². The van der Waals surface area contributed by atoms with Gasteiger partial charge >= 0.3 is 6.18 Å². The van der Waals surface area contributed by atoms with Gasteiger partial charge in [-0.2, -0.15) is 18.3 Å². The molecule has 4 aromatic rings. The lowest BCUT2D eigenvalue weighted by Crippen LogP contribution is -2.41. The van der Waals surface area contributed by atoms with Gasteiger partial charge in [0.05, 0.1) is 35.7 Å². The van der Waals surface area contributed by atoms with E-state index in [9.17, 15) is 18.0 Å². The lowest BCUT2D eigenvalue weighted by Gasteiger charge is -2.21. The number of nitrogens with zero attached hydrogens (tertiary/aromatic N) is 1. The van der Waals surface area contributed by atoms with Crippen LogP contribution in [-0.2, 0) is 17.5 Å². The van der Waals surface area contributed by atoms with Crippen LogP contribution in [-0.4, -0.2) is 28.3 Å². The van der Waals surface area contributed by atoms with E-state index >= 15 is 0 Å². The van der Waals surface area contributed by atoms with Crippen molar-refractivity contribution in [2.45, 2.75) is 44.2 Å². The Kier molecular flexibility index (Phi) is 7.10. The standard InChI is InChI=1S/C29H26F3N3O2/c30-29(31,32)23-9-4-8-22(16-23)26-17-25(34-35-26)20-12-14-21(15-13-20)28(36)33-24-10-5-11-27(24)37-18-19-6-2-1-3-7-19/h1-4,6-9,12-17,24,27H,5,10-11,18H2,(H,33,36)(H,34,35)/t24-,27-/m0/s1. The minimum atomic E-state index is -4.42. The Morgan fingerprint density at radius 2 is 1.73 bits per heavy atom. The average molecular weight is 506 g/mol. The van der Waals surface area contributed by atoms with E-state index in [1.54, 1.807) is 36.4 Å². The highest BCUT2D eigenvalue weighted by atomic mass is 19.4. The van der Waals surface area contributed by atoms with E-state index in [1.165, 1.54) is 6.07 Å². The van der Waals surface area contributed by atoms with Crippen molar-refractivity contribution in [1.82, 2.24) is 15.5 Å². The molecule has 0 radical (unpaired) electrons. The predicted octanol–water partition coefficient (Wildman–Crippen LogP) is 6.63. The molecule has 1 aliphatic rings. The highest BCUT2D eigenvalue weighted by Crippen LogP contribution is 2.32. The van der Waals surface area contributed by atoms with Crippen LogP contribution in [0.4, 0.5) is 13.2 Å². The number of nitrogens with one attached hydrogen (secondary N) is 2. The molecule has 3 aromatic carbocycles. The first-order chi connectivity index (χ1) is 17.9. The zero-order valence-corrected chi connectivity index (χ0v) is 20.0. The molecule has 1 saturated carbocycles. The van der Waals surface area contributed by atoms with Crippen LogP contribution in [0.3, 0.4) is 0 Å². The van der Waals surface area contributed by atoms with Gasteiger partial charge in [-0.3, -0.25) is 9.89 Å². The highest BCUT2D eigenvalue weighted by Gasteiger charge is 2.31. The quantitative estimate of drug-likeness (QED) is 0.296. The Hall–Kier alpha value is -3.91. The second kappa shape index (κ2) is 10.6. The van der Waals surface area contributed by atoms with Crippen LogP contribution in [0.5, 0.6) is 0 Å². The number of hydrogen-bond donors (Lipinski definition) is 2. The van der Waals surface area contributed by atoms with Crippen LogP contribution in [0.25, 0.3) is 22.5 Å². The van der Waals surface area contributed by atoms with Crippen molar-refractivity contribution in [3.05, 3.63) is 102 Å². The van der Waals surface area contributed by atoms with Crippen molar-refractivity contribution >= 4 is 5.91 Å². The van der Waals surface area contributed by atoms with Gasteiger partial charge in [-0.1, -0.05) is 54.6 Å². The van der Waals surface area contributed by atoms with Crippen molar-refractivity contribution in [3.63, 3.8) is 0 Å². The summed E-state index contributed by atoms with van der Waals surface area (Å²) in [6.07, 6.45) is -1.67. The lowest BCUT2D eigenvalue weighted by molar-refractivity contribution is -0.137. The van der Waals surface area contributed by atoms with Gasteiger partial charge in [0.15, 0.2) is 0 Å². The Balaban J connectivity index is 1.22. The molecule has 0 saturated heterocycles. The summed E-state index contributed by atoms with van der Waals surface area (Å²) in [5.41, 5.74) is 3.09. The van der Waals surface area contributed by atoms with Crippen LogP contribution in [0.2, 0.25) is 0 Å². The molecule has 0 bridgehead atoms. The maximum absolute atomic E-state index is 13.0. The number of aromatic amines is 1. The number of rotatable bonds is 7. The largest absolute Gasteiger partial charge is 0.416 e. The number of benzene rings is 3. The number of hydrogen-bond acceptors (Lipinski definition) is 3. The molecule has 1 fully saturated rings. The summed E-state index contributed by atoms with van der Waals surface area (Å²) in [6, 6.07) is 23.7. The Bertz CT molecular complexity index is 1350. The molecule has 2 N–H and O–H groups in total. The fourth-order valence-electron chi connectivity index (χ4n) is 4.59. The van der Waals surface area contributed by atoms with Gasteiger partial charge in [0.2, 0.25) is 0 Å². The summed E-state index contributed by atoms with van der Waals surface area (Å²) in [5.74, 6) is -0.166. The number of carbonyl (C=O) groups excluding carboxylic acids is 1. The number of alkyl halides is 3. The van der Waals surface area contributed by atoms with Crippen LogP contribution >= 0.6 is 0 Å².